The van der Waals surface area contributed by atoms with E-state index in [1.165, 1.54) is 18.1 Å². The first-order chi connectivity index (χ1) is 8.86. The van der Waals surface area contributed by atoms with E-state index in [2.05, 4.69) is 4.74 Å². The molecule has 5 nitrogen and oxygen atoms in total. The molecule has 104 valence electrons. The third-order valence-corrected chi connectivity index (χ3v) is 2.98. The third kappa shape index (κ3) is 3.86. The molecule has 6 heteroatoms. The highest BCUT2D eigenvalue weighted by molar-refractivity contribution is 6.31. The van der Waals surface area contributed by atoms with Crippen molar-refractivity contribution in [2.24, 2.45) is 5.92 Å². The molecule has 0 bridgehead atoms. The maximum atomic E-state index is 12.2. The fourth-order valence-electron chi connectivity index (χ4n) is 1.69. The fourth-order valence-corrected chi connectivity index (χ4v) is 1.86. The lowest BCUT2D eigenvalue weighted by Crippen LogP contribution is -2.34. The standard InChI is InChI=1S/C13H17ClN2O3/c1-8(13(18)19-3)7-16(2)12(17)10-6-9(14)4-5-11(10)15/h4-6,8H,7,15H2,1-3H3. The molecule has 0 aromatic heterocycles. The molecule has 1 rings (SSSR count). The Hall–Kier alpha value is -1.75. The smallest absolute Gasteiger partial charge is 0.310 e. The molecule has 1 amide bonds. The molecular formula is C13H17ClN2O3. The van der Waals surface area contributed by atoms with Crippen molar-refractivity contribution in [2.45, 2.75) is 6.92 Å². The molecule has 0 saturated heterocycles. The first-order valence-corrected chi connectivity index (χ1v) is 6.13. The Morgan fingerprint density at radius 3 is 2.68 bits per heavy atom. The van der Waals surface area contributed by atoms with Crippen molar-refractivity contribution in [2.75, 3.05) is 26.4 Å². The van der Waals surface area contributed by atoms with Gasteiger partial charge in [-0.3, -0.25) is 9.59 Å². The van der Waals surface area contributed by atoms with Crippen LogP contribution in [-0.2, 0) is 9.53 Å². The molecule has 1 unspecified atom stereocenters. The van der Waals surface area contributed by atoms with Gasteiger partial charge in [0.15, 0.2) is 0 Å². The highest BCUT2D eigenvalue weighted by atomic mass is 35.5. The molecule has 0 fully saturated rings. The normalized spacial score (nSPS) is 11.8. The Morgan fingerprint density at radius 1 is 1.47 bits per heavy atom. The van der Waals surface area contributed by atoms with E-state index in [1.54, 1.807) is 26.1 Å². The zero-order chi connectivity index (χ0) is 14.6. The number of nitrogens with zero attached hydrogens (tertiary/aromatic N) is 1. The number of amides is 1. The number of halogens is 1. The number of ether oxygens (including phenoxy) is 1. The molecule has 1 atom stereocenters. The third-order valence-electron chi connectivity index (χ3n) is 2.74. The number of methoxy groups -OCH3 is 1. The second-order valence-electron chi connectivity index (χ2n) is 4.34. The van der Waals surface area contributed by atoms with Gasteiger partial charge in [0, 0.05) is 24.3 Å². The van der Waals surface area contributed by atoms with Crippen LogP contribution in [0, 0.1) is 5.92 Å². The molecule has 0 aliphatic rings. The average molecular weight is 285 g/mol. The van der Waals surface area contributed by atoms with Gasteiger partial charge in [-0.25, -0.2) is 0 Å². The molecule has 1 aromatic rings. The SMILES string of the molecule is COC(=O)C(C)CN(C)C(=O)c1cc(Cl)ccc1N. The Morgan fingerprint density at radius 2 is 2.11 bits per heavy atom. The van der Waals surface area contributed by atoms with E-state index < -0.39 is 5.92 Å². The largest absolute Gasteiger partial charge is 0.469 e. The van der Waals surface area contributed by atoms with Gasteiger partial charge in [0.05, 0.1) is 18.6 Å². The van der Waals surface area contributed by atoms with Crippen LogP contribution in [-0.4, -0.2) is 37.5 Å². The molecule has 1 aromatic carbocycles. The zero-order valence-corrected chi connectivity index (χ0v) is 11.9. The molecule has 0 radical (unpaired) electrons. The van der Waals surface area contributed by atoms with Crippen molar-refractivity contribution in [1.82, 2.24) is 4.90 Å². The number of carbonyl (C=O) groups excluding carboxylic acids is 2. The van der Waals surface area contributed by atoms with Crippen LogP contribution in [0.2, 0.25) is 5.02 Å². The van der Waals surface area contributed by atoms with Gasteiger partial charge in [0.2, 0.25) is 0 Å². The minimum absolute atomic E-state index is 0.247. The van der Waals surface area contributed by atoms with Gasteiger partial charge < -0.3 is 15.4 Å². The summed E-state index contributed by atoms with van der Waals surface area (Å²) in [5, 5.41) is 0.437. The van der Waals surface area contributed by atoms with Crippen molar-refractivity contribution in [3.8, 4) is 0 Å². The van der Waals surface area contributed by atoms with Gasteiger partial charge in [-0.05, 0) is 18.2 Å². The molecule has 0 heterocycles. The lowest BCUT2D eigenvalue weighted by atomic mass is 10.1. The number of rotatable bonds is 4. The van der Waals surface area contributed by atoms with Crippen LogP contribution in [0.1, 0.15) is 17.3 Å². The van der Waals surface area contributed by atoms with Crippen LogP contribution in [0.4, 0.5) is 5.69 Å². The number of carbonyl (C=O) groups is 2. The van der Waals surface area contributed by atoms with Crippen molar-refractivity contribution in [3.63, 3.8) is 0 Å². The minimum atomic E-state index is -0.403. The Balaban J connectivity index is 2.82. The molecule has 0 aliphatic carbocycles. The van der Waals surface area contributed by atoms with Gasteiger partial charge in [0.25, 0.3) is 5.91 Å². The highest BCUT2D eigenvalue weighted by Crippen LogP contribution is 2.19. The second kappa shape index (κ2) is 6.43. The first-order valence-electron chi connectivity index (χ1n) is 5.75. The second-order valence-corrected chi connectivity index (χ2v) is 4.78. The zero-order valence-electron chi connectivity index (χ0n) is 11.1. The van der Waals surface area contributed by atoms with Gasteiger partial charge in [-0.15, -0.1) is 0 Å². The monoisotopic (exact) mass is 284 g/mol. The molecular weight excluding hydrogens is 268 g/mol. The number of benzene rings is 1. The predicted octanol–water partition coefficient (Wildman–Crippen LogP) is 1.80. The molecule has 0 spiro atoms. The van der Waals surface area contributed by atoms with E-state index >= 15 is 0 Å². The van der Waals surface area contributed by atoms with E-state index in [4.69, 9.17) is 17.3 Å². The molecule has 0 aliphatic heterocycles. The van der Waals surface area contributed by atoms with Crippen LogP contribution in [0.5, 0.6) is 0 Å². The van der Waals surface area contributed by atoms with Gasteiger partial charge in [-0.1, -0.05) is 18.5 Å². The molecule has 19 heavy (non-hydrogen) atoms. The van der Waals surface area contributed by atoms with Crippen LogP contribution in [0.15, 0.2) is 18.2 Å². The topological polar surface area (TPSA) is 72.6 Å². The molecule has 0 saturated carbocycles. The van der Waals surface area contributed by atoms with Gasteiger partial charge in [0.1, 0.15) is 0 Å². The maximum Gasteiger partial charge on any atom is 0.310 e. The van der Waals surface area contributed by atoms with Crippen molar-refractivity contribution in [1.29, 1.82) is 0 Å². The summed E-state index contributed by atoms with van der Waals surface area (Å²) in [5.74, 6) is -1.05. The van der Waals surface area contributed by atoms with E-state index in [-0.39, 0.29) is 18.4 Å². The first kappa shape index (κ1) is 15.3. The number of nitrogens with two attached hydrogens (primary N) is 1. The van der Waals surface area contributed by atoms with Crippen LogP contribution < -0.4 is 5.73 Å². The fraction of sp³-hybridized carbons (Fsp3) is 0.385. The Bertz CT molecular complexity index is 491. The van der Waals surface area contributed by atoms with Gasteiger partial charge >= 0.3 is 5.97 Å². The minimum Gasteiger partial charge on any atom is -0.469 e. The van der Waals surface area contributed by atoms with Gasteiger partial charge in [-0.2, -0.15) is 0 Å². The maximum absolute atomic E-state index is 12.2. The van der Waals surface area contributed by atoms with Crippen molar-refractivity contribution < 1.29 is 14.3 Å². The van der Waals surface area contributed by atoms with E-state index in [0.29, 0.717) is 16.3 Å². The predicted molar refractivity (Wildman–Crippen MR) is 74.0 cm³/mol. The number of esters is 1. The Kier molecular flexibility index (Phi) is 5.18. The van der Waals surface area contributed by atoms with Crippen LogP contribution in [0.25, 0.3) is 0 Å². The van der Waals surface area contributed by atoms with Crippen LogP contribution in [0.3, 0.4) is 0 Å². The number of hydrogen-bond donors (Lipinski definition) is 1. The van der Waals surface area contributed by atoms with E-state index in [0.717, 1.165) is 0 Å². The number of nitrogen functional groups attached to an aromatic ring is 1. The summed E-state index contributed by atoms with van der Waals surface area (Å²) in [6, 6.07) is 4.70. The lowest BCUT2D eigenvalue weighted by Gasteiger charge is -2.21. The lowest BCUT2D eigenvalue weighted by molar-refractivity contribution is -0.145. The van der Waals surface area contributed by atoms with E-state index in [1.807, 2.05) is 0 Å². The summed E-state index contributed by atoms with van der Waals surface area (Å²) in [6.07, 6.45) is 0. The summed E-state index contributed by atoms with van der Waals surface area (Å²) < 4.78 is 4.62. The highest BCUT2D eigenvalue weighted by Gasteiger charge is 2.21. The van der Waals surface area contributed by atoms with Crippen LogP contribution >= 0.6 is 11.6 Å². The quantitative estimate of drug-likeness (QED) is 0.676. The number of hydrogen-bond acceptors (Lipinski definition) is 4. The summed E-state index contributed by atoms with van der Waals surface area (Å²) in [4.78, 5) is 24.9. The summed E-state index contributed by atoms with van der Waals surface area (Å²) in [5.41, 5.74) is 6.43. The van der Waals surface area contributed by atoms with E-state index in [9.17, 15) is 9.59 Å². The average Bonchev–Trinajstić information content (AvgIpc) is 2.39. The summed E-state index contributed by atoms with van der Waals surface area (Å²) in [7, 11) is 2.91. The number of anilines is 1. The summed E-state index contributed by atoms with van der Waals surface area (Å²) in [6.45, 7) is 1.94. The summed E-state index contributed by atoms with van der Waals surface area (Å²) >= 11 is 5.84. The van der Waals surface area contributed by atoms with Crippen molar-refractivity contribution >= 4 is 29.2 Å². The Labute approximate surface area is 117 Å². The molecule has 2 N–H and O–H groups in total. The van der Waals surface area contributed by atoms with Crippen molar-refractivity contribution in [3.05, 3.63) is 28.8 Å².